The fourth-order valence-corrected chi connectivity index (χ4v) is 4.63. The summed E-state index contributed by atoms with van der Waals surface area (Å²) in [5.74, 6) is 0.620. The summed E-state index contributed by atoms with van der Waals surface area (Å²) in [7, 11) is 0. The summed E-state index contributed by atoms with van der Waals surface area (Å²) in [6, 6.07) is 17.0. The Morgan fingerprint density at radius 1 is 1.26 bits per heavy atom. The van der Waals surface area contributed by atoms with Crippen LogP contribution in [0.3, 0.4) is 0 Å². The summed E-state index contributed by atoms with van der Waals surface area (Å²) in [4.78, 5) is 12.1. The van der Waals surface area contributed by atoms with Crippen molar-refractivity contribution in [3.63, 3.8) is 0 Å². The van der Waals surface area contributed by atoms with Crippen LogP contribution < -0.4 is 5.32 Å². The van der Waals surface area contributed by atoms with E-state index in [4.69, 9.17) is 17.3 Å². The van der Waals surface area contributed by atoms with Crippen molar-refractivity contribution in [1.29, 1.82) is 0 Å². The molecule has 0 saturated heterocycles. The number of rotatable bonds is 7. The van der Waals surface area contributed by atoms with Gasteiger partial charge in [-0.15, -0.1) is 5.10 Å². The van der Waals surface area contributed by atoms with Crippen LogP contribution in [0, 0.1) is 3.95 Å². The van der Waals surface area contributed by atoms with Gasteiger partial charge in [0.15, 0.2) is 8.29 Å². The van der Waals surface area contributed by atoms with Crippen molar-refractivity contribution in [2.75, 3.05) is 6.61 Å². The molecule has 0 saturated carbocycles. The van der Waals surface area contributed by atoms with Crippen molar-refractivity contribution < 1.29 is 9.90 Å². The molecule has 8 heteroatoms. The molecule has 0 spiro atoms. The number of nitrogens with one attached hydrogen (secondary N) is 1. The Morgan fingerprint density at radius 3 is 2.63 bits per heavy atom. The lowest BCUT2D eigenvalue weighted by molar-refractivity contribution is 0.0922. The number of amides is 1. The molecule has 0 aliphatic rings. The molecule has 0 fully saturated rings. The lowest BCUT2D eigenvalue weighted by atomic mass is 10.2. The number of aromatic nitrogens is 2. The van der Waals surface area contributed by atoms with E-state index in [1.165, 1.54) is 16.9 Å². The van der Waals surface area contributed by atoms with Crippen molar-refractivity contribution in [2.24, 2.45) is 0 Å². The lowest BCUT2D eigenvalue weighted by Gasteiger charge is -2.11. The predicted molar refractivity (Wildman–Crippen MR) is 112 cm³/mol. The second-order valence-electron chi connectivity index (χ2n) is 5.92. The minimum atomic E-state index is -0.284. The van der Waals surface area contributed by atoms with Gasteiger partial charge >= 0.3 is 0 Å². The van der Waals surface area contributed by atoms with Crippen LogP contribution in [-0.2, 0) is 5.75 Å². The summed E-state index contributed by atoms with van der Waals surface area (Å²) in [5.41, 5.74) is 2.58. The molecule has 140 valence electrons. The highest BCUT2D eigenvalue weighted by molar-refractivity contribution is 8.00. The Labute approximate surface area is 171 Å². The van der Waals surface area contributed by atoms with Crippen LogP contribution in [0.25, 0.3) is 5.69 Å². The zero-order valence-corrected chi connectivity index (χ0v) is 17.1. The number of carbonyl (C=O) groups excluding carboxylic acids is 1. The SMILES string of the molecule is CC(CO)NC(=O)c1ccc(-n2nc(SCc3ccccc3)sc2=S)cc1. The average molecular weight is 418 g/mol. The first-order valence-electron chi connectivity index (χ1n) is 8.36. The van der Waals surface area contributed by atoms with Gasteiger partial charge in [0, 0.05) is 17.4 Å². The van der Waals surface area contributed by atoms with E-state index in [1.807, 2.05) is 30.3 Å². The topological polar surface area (TPSA) is 67.2 Å². The van der Waals surface area contributed by atoms with Gasteiger partial charge < -0.3 is 10.4 Å². The minimum absolute atomic E-state index is 0.0960. The maximum Gasteiger partial charge on any atom is 0.251 e. The molecule has 1 heterocycles. The van der Waals surface area contributed by atoms with E-state index in [2.05, 4.69) is 22.5 Å². The van der Waals surface area contributed by atoms with Crippen molar-refractivity contribution in [1.82, 2.24) is 15.1 Å². The third-order valence-corrected chi connectivity index (χ3v) is 6.20. The molecular formula is C19H19N3O2S3. The normalized spacial score (nSPS) is 11.9. The van der Waals surface area contributed by atoms with Crippen LogP contribution in [0.4, 0.5) is 0 Å². The van der Waals surface area contributed by atoms with Crippen LogP contribution in [0.15, 0.2) is 58.9 Å². The molecule has 1 unspecified atom stereocenters. The molecule has 3 rings (SSSR count). The van der Waals surface area contributed by atoms with Gasteiger partial charge in [0.25, 0.3) is 5.91 Å². The Bertz CT molecular complexity index is 952. The highest BCUT2D eigenvalue weighted by Gasteiger charge is 2.11. The van der Waals surface area contributed by atoms with Crippen molar-refractivity contribution in [3.8, 4) is 5.69 Å². The number of thioether (sulfide) groups is 1. The smallest absolute Gasteiger partial charge is 0.251 e. The molecule has 2 N–H and O–H groups in total. The van der Waals surface area contributed by atoms with Crippen molar-refractivity contribution in [3.05, 3.63) is 69.7 Å². The van der Waals surface area contributed by atoms with E-state index >= 15 is 0 Å². The fourth-order valence-electron chi connectivity index (χ4n) is 2.31. The molecule has 0 bridgehead atoms. The summed E-state index contributed by atoms with van der Waals surface area (Å²) in [5, 5.41) is 16.3. The molecule has 27 heavy (non-hydrogen) atoms. The van der Waals surface area contributed by atoms with Crippen LogP contribution >= 0.6 is 35.3 Å². The number of carbonyl (C=O) groups is 1. The number of nitrogens with zero attached hydrogens (tertiary/aromatic N) is 2. The molecule has 1 aromatic heterocycles. The zero-order valence-electron chi connectivity index (χ0n) is 14.7. The first-order valence-corrected chi connectivity index (χ1v) is 10.6. The van der Waals surface area contributed by atoms with Gasteiger partial charge in [-0.05, 0) is 49.0 Å². The Kier molecular flexibility index (Phi) is 6.78. The molecule has 0 radical (unpaired) electrons. The summed E-state index contributed by atoms with van der Waals surface area (Å²) in [6.45, 7) is 1.65. The molecule has 0 aliphatic heterocycles. The molecule has 3 aromatic rings. The van der Waals surface area contributed by atoms with E-state index in [0.717, 1.165) is 15.8 Å². The first kappa shape index (κ1) is 19.8. The molecule has 0 aliphatic carbocycles. The van der Waals surface area contributed by atoms with Gasteiger partial charge in [-0.25, -0.2) is 4.68 Å². The quantitative estimate of drug-likeness (QED) is 0.448. The Balaban J connectivity index is 1.70. The number of hydrogen-bond acceptors (Lipinski definition) is 6. The van der Waals surface area contributed by atoms with E-state index < -0.39 is 0 Å². The van der Waals surface area contributed by atoms with Crippen molar-refractivity contribution in [2.45, 2.75) is 23.1 Å². The van der Waals surface area contributed by atoms with Gasteiger partial charge in [-0.3, -0.25) is 4.79 Å². The monoisotopic (exact) mass is 417 g/mol. The standard InChI is InChI=1S/C19H19N3O2S3/c1-13(11-23)20-17(24)15-7-9-16(10-8-15)22-19(25)27-18(21-22)26-12-14-5-3-2-4-6-14/h2-10,13,23H,11-12H2,1H3,(H,20,24). The number of benzene rings is 2. The predicted octanol–water partition coefficient (Wildman–Crippen LogP) is 4.07. The fraction of sp³-hybridized carbons (Fsp3) is 0.211. The highest BCUT2D eigenvalue weighted by atomic mass is 32.2. The van der Waals surface area contributed by atoms with Crippen molar-refractivity contribution >= 4 is 41.2 Å². The Hall–Kier alpha value is -2.00. The molecular weight excluding hydrogens is 398 g/mol. The first-order chi connectivity index (χ1) is 13.1. The second-order valence-corrected chi connectivity index (χ2v) is 8.77. The number of aliphatic hydroxyl groups is 1. The average Bonchev–Trinajstić information content (AvgIpc) is 3.07. The van der Waals surface area contributed by atoms with Gasteiger partial charge in [0.1, 0.15) is 0 Å². The molecule has 2 aromatic carbocycles. The zero-order chi connectivity index (χ0) is 19.2. The molecule has 1 atom stereocenters. The summed E-state index contributed by atoms with van der Waals surface area (Å²) < 4.78 is 3.28. The Morgan fingerprint density at radius 2 is 1.96 bits per heavy atom. The van der Waals surface area contributed by atoms with E-state index in [-0.39, 0.29) is 18.6 Å². The minimum Gasteiger partial charge on any atom is -0.394 e. The highest BCUT2D eigenvalue weighted by Crippen LogP contribution is 2.27. The van der Waals surface area contributed by atoms with E-state index in [1.54, 1.807) is 35.5 Å². The van der Waals surface area contributed by atoms with Crippen LogP contribution in [0.2, 0.25) is 0 Å². The van der Waals surface area contributed by atoms with E-state index in [0.29, 0.717) is 9.52 Å². The lowest BCUT2D eigenvalue weighted by Crippen LogP contribution is -2.34. The second kappa shape index (κ2) is 9.27. The van der Waals surface area contributed by atoms with Gasteiger partial charge in [0.2, 0.25) is 0 Å². The maximum atomic E-state index is 12.1. The van der Waals surface area contributed by atoms with E-state index in [9.17, 15) is 4.79 Å². The third-order valence-electron chi connectivity index (χ3n) is 3.76. The number of hydrogen-bond donors (Lipinski definition) is 2. The van der Waals surface area contributed by atoms with Gasteiger partial charge in [0.05, 0.1) is 12.3 Å². The largest absolute Gasteiger partial charge is 0.394 e. The van der Waals surface area contributed by atoms with Gasteiger partial charge in [-0.2, -0.15) is 0 Å². The van der Waals surface area contributed by atoms with Gasteiger partial charge in [-0.1, -0.05) is 53.4 Å². The molecule has 5 nitrogen and oxygen atoms in total. The maximum absolute atomic E-state index is 12.1. The third kappa shape index (κ3) is 5.26. The molecule has 1 amide bonds. The summed E-state index contributed by atoms with van der Waals surface area (Å²) >= 11 is 8.57. The number of aliphatic hydroxyl groups excluding tert-OH is 1. The van der Waals surface area contributed by atoms with Crippen LogP contribution in [0.5, 0.6) is 0 Å². The van der Waals surface area contributed by atoms with Crippen LogP contribution in [-0.4, -0.2) is 33.4 Å². The summed E-state index contributed by atoms with van der Waals surface area (Å²) in [6.07, 6.45) is 0. The van der Waals surface area contributed by atoms with Crippen LogP contribution in [0.1, 0.15) is 22.8 Å².